The van der Waals surface area contributed by atoms with Crippen molar-refractivity contribution >= 4 is 10.0 Å². The highest BCUT2D eigenvalue weighted by molar-refractivity contribution is 7.89. The number of hydrogen-bond acceptors (Lipinski definition) is 4. The van der Waals surface area contributed by atoms with Crippen molar-refractivity contribution in [1.82, 2.24) is 4.72 Å². The minimum atomic E-state index is -3.50. The van der Waals surface area contributed by atoms with Gasteiger partial charge in [0, 0.05) is 19.8 Å². The fourth-order valence-electron chi connectivity index (χ4n) is 3.03. The fraction of sp³-hybridized carbons (Fsp3) is 0.667. The molecule has 0 bridgehead atoms. The zero-order chi connectivity index (χ0) is 17.7. The van der Waals surface area contributed by atoms with Gasteiger partial charge in [0.1, 0.15) is 0 Å². The van der Waals surface area contributed by atoms with Crippen LogP contribution in [-0.4, -0.2) is 40.9 Å². The monoisotopic (exact) mass is 355 g/mol. The lowest BCUT2D eigenvalue weighted by molar-refractivity contribution is 0.0169. The molecule has 136 valence electrons. The van der Waals surface area contributed by atoms with Crippen molar-refractivity contribution in [2.45, 2.75) is 58.0 Å². The van der Waals surface area contributed by atoms with Crippen LogP contribution in [0.3, 0.4) is 0 Å². The molecule has 1 saturated heterocycles. The normalized spacial score (nSPS) is 18.2. The number of ether oxygens (including phenoxy) is 2. The average molecular weight is 356 g/mol. The van der Waals surface area contributed by atoms with Crippen molar-refractivity contribution in [3.8, 4) is 0 Å². The highest BCUT2D eigenvalue weighted by Gasteiger charge is 2.21. The Bertz CT molecular complexity index is 638. The lowest BCUT2D eigenvalue weighted by atomic mass is 10.0. The van der Waals surface area contributed by atoms with Gasteiger partial charge in [-0.3, -0.25) is 0 Å². The summed E-state index contributed by atoms with van der Waals surface area (Å²) < 4.78 is 39.0. The first-order valence-electron chi connectivity index (χ1n) is 8.59. The molecule has 0 radical (unpaired) electrons. The summed E-state index contributed by atoms with van der Waals surface area (Å²) in [5, 5.41) is 0. The van der Waals surface area contributed by atoms with Crippen LogP contribution in [0.15, 0.2) is 11.0 Å². The van der Waals surface area contributed by atoms with Gasteiger partial charge in [-0.2, -0.15) is 0 Å². The van der Waals surface area contributed by atoms with E-state index in [2.05, 4.69) is 4.72 Å². The first-order valence-corrected chi connectivity index (χ1v) is 10.1. The van der Waals surface area contributed by atoms with E-state index in [1.54, 1.807) is 0 Å². The Morgan fingerprint density at radius 3 is 2.46 bits per heavy atom. The summed E-state index contributed by atoms with van der Waals surface area (Å²) in [4.78, 5) is 0.417. The second-order valence-electron chi connectivity index (χ2n) is 6.55. The molecule has 0 aliphatic carbocycles. The van der Waals surface area contributed by atoms with Crippen molar-refractivity contribution in [1.29, 1.82) is 0 Å². The molecule has 1 aliphatic heterocycles. The van der Waals surface area contributed by atoms with Gasteiger partial charge >= 0.3 is 0 Å². The molecule has 1 heterocycles. The molecule has 24 heavy (non-hydrogen) atoms. The lowest BCUT2D eigenvalue weighted by Gasteiger charge is -2.16. The maximum Gasteiger partial charge on any atom is 0.241 e. The van der Waals surface area contributed by atoms with Crippen LogP contribution in [0.5, 0.6) is 0 Å². The van der Waals surface area contributed by atoms with Crippen molar-refractivity contribution < 1.29 is 17.9 Å². The topological polar surface area (TPSA) is 64.6 Å². The average Bonchev–Trinajstić information content (AvgIpc) is 3.02. The summed E-state index contributed by atoms with van der Waals surface area (Å²) in [5.41, 5.74) is 3.64. The number of nitrogens with one attached hydrogen (secondary N) is 1. The van der Waals surface area contributed by atoms with Crippen LogP contribution < -0.4 is 4.72 Å². The number of hydrogen-bond donors (Lipinski definition) is 1. The Kier molecular flexibility index (Phi) is 6.80. The van der Waals surface area contributed by atoms with Crippen LogP contribution in [0.4, 0.5) is 0 Å². The molecule has 1 aliphatic rings. The molecule has 0 aromatic heterocycles. The zero-order valence-electron chi connectivity index (χ0n) is 15.1. The standard InChI is InChI=1S/C18H29NO4S/c1-13-11-14(2)16(4)18(15(13)3)24(20,21)19-8-6-9-22-12-17-7-5-10-23-17/h11,17,19H,5-10,12H2,1-4H3. The fourth-order valence-corrected chi connectivity index (χ4v) is 4.71. The Morgan fingerprint density at radius 1 is 1.21 bits per heavy atom. The third-order valence-corrected chi connectivity index (χ3v) is 6.39. The quantitative estimate of drug-likeness (QED) is 0.728. The largest absolute Gasteiger partial charge is 0.379 e. The highest BCUT2D eigenvalue weighted by Crippen LogP contribution is 2.25. The van der Waals surface area contributed by atoms with E-state index in [1.807, 2.05) is 33.8 Å². The predicted molar refractivity (Wildman–Crippen MR) is 95.0 cm³/mol. The van der Waals surface area contributed by atoms with Gasteiger partial charge in [0.15, 0.2) is 0 Å². The summed E-state index contributed by atoms with van der Waals surface area (Å²) in [7, 11) is -3.50. The molecule has 1 atom stereocenters. The number of benzene rings is 1. The maximum atomic E-state index is 12.6. The smallest absolute Gasteiger partial charge is 0.241 e. The van der Waals surface area contributed by atoms with E-state index in [0.717, 1.165) is 41.7 Å². The maximum absolute atomic E-state index is 12.6. The van der Waals surface area contributed by atoms with Crippen molar-refractivity contribution in [2.75, 3.05) is 26.4 Å². The molecule has 1 aromatic rings. The third-order valence-electron chi connectivity index (χ3n) is 4.65. The number of rotatable bonds is 8. The van der Waals surface area contributed by atoms with Gasteiger partial charge in [0.25, 0.3) is 0 Å². The van der Waals surface area contributed by atoms with Crippen molar-refractivity contribution in [2.24, 2.45) is 0 Å². The Morgan fingerprint density at radius 2 is 1.88 bits per heavy atom. The molecule has 1 fully saturated rings. The Hall–Kier alpha value is -0.950. The molecule has 1 unspecified atom stereocenters. The Balaban J connectivity index is 1.85. The summed E-state index contributed by atoms with van der Waals surface area (Å²) >= 11 is 0. The first kappa shape index (κ1) is 19.4. The third kappa shape index (κ3) is 4.79. The predicted octanol–water partition coefficient (Wildman–Crippen LogP) is 2.78. The second kappa shape index (κ2) is 8.43. The van der Waals surface area contributed by atoms with Gasteiger partial charge in [0.05, 0.1) is 17.6 Å². The summed E-state index contributed by atoms with van der Waals surface area (Å²) in [6.07, 6.45) is 3.01. The molecular weight excluding hydrogens is 326 g/mol. The summed E-state index contributed by atoms with van der Waals surface area (Å²) in [5.74, 6) is 0. The van der Waals surface area contributed by atoms with Crippen LogP contribution in [0, 0.1) is 27.7 Å². The van der Waals surface area contributed by atoms with E-state index in [4.69, 9.17) is 9.47 Å². The van der Waals surface area contributed by atoms with Crippen LogP contribution in [0.1, 0.15) is 41.5 Å². The minimum absolute atomic E-state index is 0.210. The van der Waals surface area contributed by atoms with Gasteiger partial charge in [-0.15, -0.1) is 0 Å². The molecule has 0 saturated carbocycles. The SMILES string of the molecule is Cc1cc(C)c(C)c(S(=O)(=O)NCCCOCC2CCCO2)c1C. The molecule has 1 aromatic carbocycles. The van der Waals surface area contributed by atoms with Crippen LogP contribution >= 0.6 is 0 Å². The lowest BCUT2D eigenvalue weighted by Crippen LogP contribution is -2.27. The van der Waals surface area contributed by atoms with Crippen molar-refractivity contribution in [3.05, 3.63) is 28.3 Å². The van der Waals surface area contributed by atoms with Crippen LogP contribution in [0.25, 0.3) is 0 Å². The van der Waals surface area contributed by atoms with Gasteiger partial charge < -0.3 is 9.47 Å². The van der Waals surface area contributed by atoms with Crippen LogP contribution in [0.2, 0.25) is 0 Å². The first-order chi connectivity index (χ1) is 11.3. The molecule has 0 spiro atoms. The van der Waals surface area contributed by atoms with Crippen LogP contribution in [-0.2, 0) is 19.5 Å². The van der Waals surface area contributed by atoms with E-state index in [-0.39, 0.29) is 6.10 Å². The van der Waals surface area contributed by atoms with E-state index in [9.17, 15) is 8.42 Å². The summed E-state index contributed by atoms with van der Waals surface area (Å²) in [6.45, 7) is 9.94. The molecule has 6 heteroatoms. The van der Waals surface area contributed by atoms with E-state index in [0.29, 0.717) is 31.1 Å². The molecular formula is C18H29NO4S. The molecule has 2 rings (SSSR count). The number of sulfonamides is 1. The highest BCUT2D eigenvalue weighted by atomic mass is 32.2. The van der Waals surface area contributed by atoms with Crippen molar-refractivity contribution in [3.63, 3.8) is 0 Å². The van der Waals surface area contributed by atoms with Gasteiger partial charge in [-0.1, -0.05) is 6.07 Å². The van der Waals surface area contributed by atoms with E-state index in [1.165, 1.54) is 0 Å². The number of aryl methyl sites for hydroxylation is 2. The summed E-state index contributed by atoms with van der Waals surface area (Å²) in [6, 6.07) is 2.03. The Labute approximate surface area is 145 Å². The zero-order valence-corrected chi connectivity index (χ0v) is 16.0. The van der Waals surface area contributed by atoms with Gasteiger partial charge in [-0.25, -0.2) is 13.1 Å². The van der Waals surface area contributed by atoms with Gasteiger partial charge in [0.2, 0.25) is 10.0 Å². The minimum Gasteiger partial charge on any atom is -0.379 e. The molecule has 0 amide bonds. The molecule has 1 N–H and O–H groups in total. The van der Waals surface area contributed by atoms with Gasteiger partial charge in [-0.05, 0) is 69.2 Å². The molecule has 5 nitrogen and oxygen atoms in total. The van der Waals surface area contributed by atoms with E-state index >= 15 is 0 Å². The van der Waals surface area contributed by atoms with E-state index < -0.39 is 10.0 Å². The second-order valence-corrected chi connectivity index (χ2v) is 8.25.